The molecule has 0 atom stereocenters. The molecule has 0 N–H and O–H groups in total. The minimum absolute atomic E-state index is 0.0164. The zero-order chi connectivity index (χ0) is 20.2. The van der Waals surface area contributed by atoms with E-state index in [2.05, 4.69) is 41.1 Å². The van der Waals surface area contributed by atoms with Crippen molar-refractivity contribution < 1.29 is 9.53 Å². The van der Waals surface area contributed by atoms with E-state index in [4.69, 9.17) is 4.74 Å². The Bertz CT molecular complexity index is 984. The summed E-state index contributed by atoms with van der Waals surface area (Å²) in [6.45, 7) is 6.77. The van der Waals surface area contributed by atoms with E-state index in [1.807, 2.05) is 48.2 Å². The molecule has 1 aliphatic heterocycles. The Morgan fingerprint density at radius 1 is 1.03 bits per heavy atom. The molecule has 0 aliphatic carbocycles. The summed E-state index contributed by atoms with van der Waals surface area (Å²) in [5.41, 5.74) is 3.98. The molecule has 29 heavy (non-hydrogen) atoms. The third-order valence-corrected chi connectivity index (χ3v) is 5.10. The minimum Gasteiger partial charge on any atom is -0.494 e. The van der Waals surface area contributed by atoms with E-state index in [-0.39, 0.29) is 5.91 Å². The molecule has 1 aliphatic rings. The van der Waals surface area contributed by atoms with Crippen molar-refractivity contribution in [3.63, 3.8) is 0 Å². The Morgan fingerprint density at radius 2 is 1.79 bits per heavy atom. The lowest BCUT2D eigenvalue weighted by atomic mass is 10.1. The molecule has 1 aromatic heterocycles. The number of pyridine rings is 1. The molecule has 0 fully saturated rings. The first-order valence-corrected chi connectivity index (χ1v) is 9.96. The summed E-state index contributed by atoms with van der Waals surface area (Å²) in [4.78, 5) is 21.8. The highest BCUT2D eigenvalue weighted by Crippen LogP contribution is 2.32. The summed E-state index contributed by atoms with van der Waals surface area (Å²) in [6, 6.07) is 19.7. The smallest absolute Gasteiger partial charge is 0.258 e. The fraction of sp³-hybridized carbons (Fsp3) is 0.250. The van der Waals surface area contributed by atoms with Gasteiger partial charge in [0.2, 0.25) is 0 Å². The van der Waals surface area contributed by atoms with Gasteiger partial charge in [0.15, 0.2) is 5.82 Å². The average Bonchev–Trinajstić information content (AvgIpc) is 2.76. The van der Waals surface area contributed by atoms with Crippen LogP contribution in [0.4, 0.5) is 11.5 Å². The summed E-state index contributed by atoms with van der Waals surface area (Å²) in [7, 11) is 0. The number of carbonyl (C=O) groups excluding carboxylic acids is 1. The van der Waals surface area contributed by atoms with E-state index in [0.29, 0.717) is 18.7 Å². The van der Waals surface area contributed by atoms with Crippen LogP contribution in [0.3, 0.4) is 0 Å². The van der Waals surface area contributed by atoms with Crippen molar-refractivity contribution in [1.82, 2.24) is 4.98 Å². The summed E-state index contributed by atoms with van der Waals surface area (Å²) in [5.74, 6) is 1.60. The Hall–Kier alpha value is -3.34. The molecule has 0 spiro atoms. The molecule has 0 saturated carbocycles. The average molecular weight is 387 g/mol. The zero-order valence-corrected chi connectivity index (χ0v) is 16.8. The molecule has 5 nitrogen and oxygen atoms in total. The first kappa shape index (κ1) is 19.0. The van der Waals surface area contributed by atoms with Crippen molar-refractivity contribution in [3.8, 4) is 5.75 Å². The molecule has 0 radical (unpaired) electrons. The molecule has 4 rings (SSSR count). The van der Waals surface area contributed by atoms with Crippen LogP contribution in [0.25, 0.3) is 0 Å². The van der Waals surface area contributed by atoms with E-state index in [0.717, 1.165) is 30.3 Å². The van der Waals surface area contributed by atoms with Crippen LogP contribution >= 0.6 is 0 Å². The number of carbonyl (C=O) groups is 1. The second-order valence-corrected chi connectivity index (χ2v) is 7.17. The highest BCUT2D eigenvalue weighted by molar-refractivity contribution is 6.08. The Kier molecular flexibility index (Phi) is 5.47. The monoisotopic (exact) mass is 387 g/mol. The lowest BCUT2D eigenvalue weighted by Gasteiger charge is -2.36. The largest absolute Gasteiger partial charge is 0.494 e. The maximum atomic E-state index is 13.2. The van der Waals surface area contributed by atoms with Crippen LogP contribution in [-0.2, 0) is 6.54 Å². The molecule has 0 unspecified atom stereocenters. The summed E-state index contributed by atoms with van der Waals surface area (Å²) < 4.78 is 5.48. The van der Waals surface area contributed by atoms with Gasteiger partial charge in [-0.25, -0.2) is 4.98 Å². The molecule has 5 heteroatoms. The highest BCUT2D eigenvalue weighted by atomic mass is 16.5. The number of nitrogens with zero attached hydrogens (tertiary/aromatic N) is 3. The van der Waals surface area contributed by atoms with Gasteiger partial charge in [0.1, 0.15) is 5.75 Å². The predicted octanol–water partition coefficient (Wildman–Crippen LogP) is 4.46. The number of anilines is 2. The number of amides is 1. The van der Waals surface area contributed by atoms with Crippen LogP contribution in [0.15, 0.2) is 66.9 Å². The number of aromatic nitrogens is 1. The molecule has 1 amide bonds. The molecule has 2 aromatic carbocycles. The topological polar surface area (TPSA) is 45.7 Å². The van der Waals surface area contributed by atoms with E-state index < -0.39 is 0 Å². The SMILES string of the molecule is CCOc1ccc(C(=O)N2CCN(Cc3ccc(C)cc3)c3ncccc32)cc1. The van der Waals surface area contributed by atoms with Crippen molar-refractivity contribution >= 4 is 17.4 Å². The molecular formula is C24H25N3O2. The quantitative estimate of drug-likeness (QED) is 0.649. The van der Waals surface area contributed by atoms with Gasteiger partial charge < -0.3 is 14.5 Å². The van der Waals surface area contributed by atoms with Gasteiger partial charge >= 0.3 is 0 Å². The van der Waals surface area contributed by atoms with E-state index >= 15 is 0 Å². The van der Waals surface area contributed by atoms with Crippen LogP contribution in [-0.4, -0.2) is 30.6 Å². The molecule has 3 aromatic rings. The predicted molar refractivity (Wildman–Crippen MR) is 116 cm³/mol. The number of hydrogen-bond acceptors (Lipinski definition) is 4. The van der Waals surface area contributed by atoms with Crippen LogP contribution < -0.4 is 14.5 Å². The Morgan fingerprint density at radius 3 is 2.52 bits per heavy atom. The van der Waals surface area contributed by atoms with Crippen molar-refractivity contribution in [3.05, 3.63) is 83.6 Å². The van der Waals surface area contributed by atoms with Crippen molar-refractivity contribution in [1.29, 1.82) is 0 Å². The van der Waals surface area contributed by atoms with Gasteiger partial charge in [0, 0.05) is 31.4 Å². The standard InChI is InChI=1S/C24H25N3O2/c1-3-29-21-12-10-20(11-13-21)24(28)27-16-15-26(23-22(27)5-4-14-25-23)17-19-8-6-18(2)7-9-19/h4-14H,3,15-17H2,1-2H3. The second kappa shape index (κ2) is 8.35. The Balaban J connectivity index is 1.57. The molecule has 148 valence electrons. The number of hydrogen-bond donors (Lipinski definition) is 0. The van der Waals surface area contributed by atoms with Crippen LogP contribution in [0, 0.1) is 6.92 Å². The van der Waals surface area contributed by atoms with Gasteiger partial charge in [-0.15, -0.1) is 0 Å². The summed E-state index contributed by atoms with van der Waals surface area (Å²) >= 11 is 0. The van der Waals surface area contributed by atoms with Crippen LogP contribution in [0.1, 0.15) is 28.4 Å². The molecule has 0 saturated heterocycles. The van der Waals surface area contributed by atoms with E-state index in [1.165, 1.54) is 11.1 Å². The van der Waals surface area contributed by atoms with Gasteiger partial charge in [0.25, 0.3) is 5.91 Å². The van der Waals surface area contributed by atoms with Crippen LogP contribution in [0.5, 0.6) is 5.75 Å². The Labute approximate surface area is 171 Å². The van der Waals surface area contributed by atoms with Gasteiger partial charge in [-0.3, -0.25) is 4.79 Å². The van der Waals surface area contributed by atoms with Gasteiger partial charge in [-0.2, -0.15) is 0 Å². The number of ether oxygens (including phenoxy) is 1. The first-order valence-electron chi connectivity index (χ1n) is 9.96. The highest BCUT2D eigenvalue weighted by Gasteiger charge is 2.28. The lowest BCUT2D eigenvalue weighted by molar-refractivity contribution is 0.0986. The van der Waals surface area contributed by atoms with Crippen molar-refractivity contribution in [2.24, 2.45) is 0 Å². The fourth-order valence-electron chi connectivity index (χ4n) is 3.58. The van der Waals surface area contributed by atoms with Gasteiger partial charge in [-0.1, -0.05) is 29.8 Å². The number of benzene rings is 2. The van der Waals surface area contributed by atoms with Gasteiger partial charge in [-0.05, 0) is 55.8 Å². The maximum Gasteiger partial charge on any atom is 0.258 e. The molecule has 0 bridgehead atoms. The zero-order valence-electron chi connectivity index (χ0n) is 16.8. The maximum absolute atomic E-state index is 13.2. The number of fused-ring (bicyclic) bond motifs is 1. The van der Waals surface area contributed by atoms with Gasteiger partial charge in [0.05, 0.1) is 12.3 Å². The summed E-state index contributed by atoms with van der Waals surface area (Å²) in [6.07, 6.45) is 1.78. The second-order valence-electron chi connectivity index (χ2n) is 7.17. The minimum atomic E-state index is -0.0164. The third kappa shape index (κ3) is 4.09. The number of aryl methyl sites for hydroxylation is 1. The summed E-state index contributed by atoms with van der Waals surface area (Å²) in [5, 5.41) is 0. The fourth-order valence-corrected chi connectivity index (χ4v) is 3.58. The third-order valence-electron chi connectivity index (χ3n) is 5.10. The molecule has 2 heterocycles. The van der Waals surface area contributed by atoms with Crippen molar-refractivity contribution in [2.45, 2.75) is 20.4 Å². The lowest BCUT2D eigenvalue weighted by Crippen LogP contribution is -2.44. The molecular weight excluding hydrogens is 362 g/mol. The number of rotatable bonds is 5. The normalized spacial score (nSPS) is 13.2. The van der Waals surface area contributed by atoms with E-state index in [1.54, 1.807) is 6.20 Å². The van der Waals surface area contributed by atoms with E-state index in [9.17, 15) is 4.79 Å². The van der Waals surface area contributed by atoms with Crippen LogP contribution in [0.2, 0.25) is 0 Å². The van der Waals surface area contributed by atoms with Crippen molar-refractivity contribution in [2.75, 3.05) is 29.5 Å². The first-order chi connectivity index (χ1) is 14.2.